The summed E-state index contributed by atoms with van der Waals surface area (Å²) in [7, 11) is 0. The van der Waals surface area contributed by atoms with Gasteiger partial charge in [0, 0.05) is 19.6 Å². The monoisotopic (exact) mass is 305 g/mol. The zero-order valence-electron chi connectivity index (χ0n) is 13.8. The van der Waals surface area contributed by atoms with E-state index in [0.717, 1.165) is 19.5 Å². The summed E-state index contributed by atoms with van der Waals surface area (Å²) >= 11 is 0. The molecule has 1 aliphatic heterocycles. The number of fused-ring (bicyclic) bond motifs is 1. The summed E-state index contributed by atoms with van der Waals surface area (Å²) in [6.45, 7) is 9.39. The molecular formula is C17H27N3O2. The van der Waals surface area contributed by atoms with E-state index >= 15 is 0 Å². The van der Waals surface area contributed by atoms with E-state index in [0.29, 0.717) is 19.6 Å². The van der Waals surface area contributed by atoms with Crippen LogP contribution in [0.25, 0.3) is 0 Å². The van der Waals surface area contributed by atoms with Gasteiger partial charge >= 0.3 is 6.09 Å². The molecule has 3 N–H and O–H groups in total. The fourth-order valence-electron chi connectivity index (χ4n) is 2.47. The number of benzene rings is 1. The lowest BCUT2D eigenvalue weighted by Gasteiger charge is -2.24. The van der Waals surface area contributed by atoms with Gasteiger partial charge in [0.05, 0.1) is 0 Å². The molecule has 1 aliphatic rings. The van der Waals surface area contributed by atoms with Crippen molar-refractivity contribution in [2.45, 2.75) is 52.4 Å². The van der Waals surface area contributed by atoms with Crippen molar-refractivity contribution in [2.24, 2.45) is 5.73 Å². The lowest BCUT2D eigenvalue weighted by molar-refractivity contribution is 0.0242. The van der Waals surface area contributed by atoms with Crippen LogP contribution in [0.5, 0.6) is 0 Å². The molecule has 0 aliphatic carbocycles. The van der Waals surface area contributed by atoms with Crippen LogP contribution in [0.1, 0.15) is 43.9 Å². The molecule has 0 spiro atoms. The van der Waals surface area contributed by atoms with Gasteiger partial charge in [0.15, 0.2) is 0 Å². The molecule has 122 valence electrons. The predicted octanol–water partition coefficient (Wildman–Crippen LogP) is 2.38. The number of amides is 1. The molecule has 0 saturated carbocycles. The van der Waals surface area contributed by atoms with E-state index in [1.807, 2.05) is 20.8 Å². The van der Waals surface area contributed by atoms with Gasteiger partial charge in [0.1, 0.15) is 5.60 Å². The van der Waals surface area contributed by atoms with Gasteiger partial charge in [-0.25, -0.2) is 4.79 Å². The molecule has 0 fully saturated rings. The first-order valence-corrected chi connectivity index (χ1v) is 7.88. The zero-order valence-corrected chi connectivity index (χ0v) is 13.8. The van der Waals surface area contributed by atoms with Crippen LogP contribution in [-0.2, 0) is 24.4 Å². The predicted molar refractivity (Wildman–Crippen MR) is 87.3 cm³/mol. The molecule has 0 atom stereocenters. The van der Waals surface area contributed by atoms with Crippen LogP contribution in [0.4, 0.5) is 4.79 Å². The summed E-state index contributed by atoms with van der Waals surface area (Å²) < 4.78 is 5.44. The number of rotatable bonds is 5. The molecule has 22 heavy (non-hydrogen) atoms. The van der Waals surface area contributed by atoms with Gasteiger partial charge in [-0.15, -0.1) is 0 Å². The van der Waals surface area contributed by atoms with Crippen LogP contribution in [-0.4, -0.2) is 29.7 Å². The normalized spacial score (nSPS) is 14.1. The van der Waals surface area contributed by atoms with Crippen LogP contribution >= 0.6 is 0 Å². The molecule has 0 aromatic heterocycles. The highest BCUT2D eigenvalue weighted by atomic mass is 16.6. The summed E-state index contributed by atoms with van der Waals surface area (Å²) in [5.74, 6) is 0. The SMILES string of the molecule is CC(C)(C)OC(=O)N1Cc2ccc(CNCCCN)cc2C1. The van der Waals surface area contributed by atoms with E-state index in [2.05, 4.69) is 23.5 Å². The molecule has 2 rings (SSSR count). The van der Waals surface area contributed by atoms with Gasteiger partial charge < -0.3 is 15.8 Å². The maximum absolute atomic E-state index is 12.1. The van der Waals surface area contributed by atoms with Crippen LogP contribution in [0.3, 0.4) is 0 Å². The van der Waals surface area contributed by atoms with Crippen molar-refractivity contribution >= 4 is 6.09 Å². The third-order valence-corrected chi connectivity index (χ3v) is 3.53. The summed E-state index contributed by atoms with van der Waals surface area (Å²) in [6.07, 6.45) is 0.739. The molecular weight excluding hydrogens is 278 g/mol. The Morgan fingerprint density at radius 3 is 2.73 bits per heavy atom. The topological polar surface area (TPSA) is 67.6 Å². The number of hydrogen-bond donors (Lipinski definition) is 2. The molecule has 1 aromatic rings. The van der Waals surface area contributed by atoms with Crippen LogP contribution in [0.15, 0.2) is 18.2 Å². The van der Waals surface area contributed by atoms with E-state index in [9.17, 15) is 4.79 Å². The summed E-state index contributed by atoms with van der Waals surface area (Å²) in [5, 5.41) is 3.37. The number of nitrogens with two attached hydrogens (primary N) is 1. The summed E-state index contributed by atoms with van der Waals surface area (Å²) in [6, 6.07) is 6.40. The van der Waals surface area contributed by atoms with E-state index in [4.69, 9.17) is 10.5 Å². The lowest BCUT2D eigenvalue weighted by atomic mass is 10.1. The summed E-state index contributed by atoms with van der Waals surface area (Å²) in [4.78, 5) is 13.9. The fourth-order valence-corrected chi connectivity index (χ4v) is 2.47. The van der Waals surface area contributed by atoms with Crippen molar-refractivity contribution in [1.82, 2.24) is 10.2 Å². The fraction of sp³-hybridized carbons (Fsp3) is 0.588. The number of ether oxygens (including phenoxy) is 1. The van der Waals surface area contributed by atoms with Gasteiger partial charge in [-0.1, -0.05) is 18.2 Å². The molecule has 0 bridgehead atoms. The summed E-state index contributed by atoms with van der Waals surface area (Å²) in [5.41, 5.74) is 8.68. The van der Waals surface area contributed by atoms with E-state index in [-0.39, 0.29) is 6.09 Å². The smallest absolute Gasteiger partial charge is 0.410 e. The number of nitrogens with one attached hydrogen (secondary N) is 1. The highest BCUT2D eigenvalue weighted by Crippen LogP contribution is 2.25. The van der Waals surface area contributed by atoms with E-state index < -0.39 is 5.60 Å². The second kappa shape index (κ2) is 7.11. The van der Waals surface area contributed by atoms with Crippen molar-refractivity contribution in [3.05, 3.63) is 34.9 Å². The minimum absolute atomic E-state index is 0.244. The molecule has 5 nitrogen and oxygen atoms in total. The Kier molecular flexibility index (Phi) is 5.42. The molecule has 1 aromatic carbocycles. The molecule has 0 unspecified atom stereocenters. The van der Waals surface area contributed by atoms with Gasteiger partial charge in [-0.2, -0.15) is 0 Å². The van der Waals surface area contributed by atoms with Gasteiger partial charge in [0.25, 0.3) is 0 Å². The van der Waals surface area contributed by atoms with Gasteiger partial charge in [-0.3, -0.25) is 4.90 Å². The highest BCUT2D eigenvalue weighted by Gasteiger charge is 2.27. The van der Waals surface area contributed by atoms with Crippen molar-refractivity contribution in [3.8, 4) is 0 Å². The zero-order chi connectivity index (χ0) is 16.2. The lowest BCUT2D eigenvalue weighted by Crippen LogP contribution is -2.33. The quantitative estimate of drug-likeness (QED) is 0.820. The minimum atomic E-state index is -0.454. The van der Waals surface area contributed by atoms with Gasteiger partial charge in [-0.05, 0) is 57.0 Å². The van der Waals surface area contributed by atoms with Crippen molar-refractivity contribution in [1.29, 1.82) is 0 Å². The third kappa shape index (κ3) is 4.71. The number of hydrogen-bond acceptors (Lipinski definition) is 4. The minimum Gasteiger partial charge on any atom is -0.444 e. The van der Waals surface area contributed by atoms with E-state index in [1.165, 1.54) is 16.7 Å². The molecule has 0 saturated heterocycles. The molecule has 0 radical (unpaired) electrons. The molecule has 1 amide bonds. The molecule has 1 heterocycles. The Labute approximate surface area is 132 Å². The Morgan fingerprint density at radius 2 is 2.05 bits per heavy atom. The van der Waals surface area contributed by atoms with Crippen LogP contribution in [0.2, 0.25) is 0 Å². The average Bonchev–Trinajstić information content (AvgIpc) is 2.85. The standard InChI is InChI=1S/C17H27N3O2/c1-17(2,3)22-16(21)20-11-14-6-5-13(9-15(14)12-20)10-19-8-4-7-18/h5-6,9,19H,4,7-8,10-12,18H2,1-3H3. The molecule has 5 heteroatoms. The number of nitrogens with zero attached hydrogens (tertiary/aromatic N) is 1. The Hall–Kier alpha value is -1.59. The first-order valence-electron chi connectivity index (χ1n) is 7.88. The first kappa shape index (κ1) is 16.8. The van der Waals surface area contributed by atoms with Crippen molar-refractivity contribution < 1.29 is 9.53 Å². The third-order valence-electron chi connectivity index (χ3n) is 3.53. The Morgan fingerprint density at radius 1 is 1.32 bits per heavy atom. The maximum Gasteiger partial charge on any atom is 0.410 e. The average molecular weight is 305 g/mol. The Balaban J connectivity index is 1.92. The second-order valence-corrected chi connectivity index (χ2v) is 6.76. The first-order chi connectivity index (χ1) is 10.4. The Bertz CT molecular complexity index is 523. The second-order valence-electron chi connectivity index (χ2n) is 6.76. The van der Waals surface area contributed by atoms with Crippen molar-refractivity contribution in [2.75, 3.05) is 13.1 Å². The van der Waals surface area contributed by atoms with Crippen molar-refractivity contribution in [3.63, 3.8) is 0 Å². The van der Waals surface area contributed by atoms with Crippen LogP contribution < -0.4 is 11.1 Å². The van der Waals surface area contributed by atoms with E-state index in [1.54, 1.807) is 4.90 Å². The van der Waals surface area contributed by atoms with Crippen LogP contribution in [0, 0.1) is 0 Å². The maximum atomic E-state index is 12.1. The highest BCUT2D eigenvalue weighted by molar-refractivity contribution is 5.69. The number of carbonyl (C=O) groups is 1. The van der Waals surface area contributed by atoms with Gasteiger partial charge in [0.2, 0.25) is 0 Å². The largest absolute Gasteiger partial charge is 0.444 e. The number of carbonyl (C=O) groups excluding carboxylic acids is 1.